The molecule has 2 fully saturated rings. The third-order valence-electron chi connectivity index (χ3n) is 11.8. The van der Waals surface area contributed by atoms with Crippen LogP contribution >= 0.6 is 0 Å². The summed E-state index contributed by atoms with van der Waals surface area (Å²) in [5.41, 5.74) is 6.50. The number of sulfonamides is 1. The number of aliphatic hydroxyl groups is 1. The fourth-order valence-corrected chi connectivity index (χ4v) is 9.54. The van der Waals surface area contributed by atoms with Gasteiger partial charge in [0.2, 0.25) is 15.9 Å². The first kappa shape index (κ1) is 41.3. The molecule has 1 amide bonds. The van der Waals surface area contributed by atoms with Crippen LogP contribution in [-0.4, -0.2) is 65.7 Å². The van der Waals surface area contributed by atoms with E-state index in [1.807, 2.05) is 102 Å². The average molecular weight is 830 g/mol. The lowest BCUT2D eigenvalue weighted by atomic mass is 9.89. The van der Waals surface area contributed by atoms with E-state index in [9.17, 15) is 23.1 Å². The van der Waals surface area contributed by atoms with Gasteiger partial charge < -0.3 is 29.8 Å². The zero-order valence-corrected chi connectivity index (χ0v) is 34.6. The van der Waals surface area contributed by atoms with Crippen LogP contribution in [0.5, 0.6) is 0 Å². The number of hydrogen-bond acceptors (Lipinski definition) is 8. The first-order valence-electron chi connectivity index (χ1n) is 20.5. The van der Waals surface area contributed by atoms with Crippen molar-refractivity contribution >= 4 is 32.7 Å². The number of carbonyl (C=O) groups is 1. The van der Waals surface area contributed by atoms with Gasteiger partial charge in [-0.3, -0.25) is 9.36 Å². The molecule has 6 aromatic rings. The summed E-state index contributed by atoms with van der Waals surface area (Å²) in [6.07, 6.45) is 0.609. The van der Waals surface area contributed by atoms with Crippen LogP contribution in [-0.2, 0) is 37.3 Å². The fourth-order valence-electron chi connectivity index (χ4n) is 8.34. The van der Waals surface area contributed by atoms with Gasteiger partial charge in [-0.15, -0.1) is 0 Å². The second-order valence-electron chi connectivity index (χ2n) is 16.0. The summed E-state index contributed by atoms with van der Waals surface area (Å²) in [4.78, 5) is 32.2. The van der Waals surface area contributed by atoms with Gasteiger partial charge >= 0.3 is 5.69 Å². The number of aliphatic hydroxyl groups excluding tert-OH is 1. The number of anilines is 1. The number of hydrogen-bond donors (Lipinski definition) is 4. The van der Waals surface area contributed by atoms with E-state index < -0.39 is 28.3 Å². The van der Waals surface area contributed by atoms with Crippen LogP contribution in [0, 0.1) is 12.8 Å². The molecule has 3 heterocycles. The molecule has 2 saturated heterocycles. The number of carbonyl (C=O) groups excluding carboxylic acids is 1. The molecule has 0 bridgehead atoms. The quantitative estimate of drug-likeness (QED) is 0.0993. The lowest BCUT2D eigenvalue weighted by Crippen LogP contribution is -2.47. The lowest BCUT2D eigenvalue weighted by molar-refractivity contribution is -0.276. The topological polar surface area (TPSA) is 155 Å². The predicted molar refractivity (Wildman–Crippen MR) is 231 cm³/mol. The number of aromatic amines is 1. The number of nitrogens with one attached hydrogen (secondary N) is 3. The molecular weight excluding hydrogens is 779 g/mol. The number of aromatic nitrogens is 2. The van der Waals surface area contributed by atoms with Gasteiger partial charge in [0.25, 0.3) is 0 Å². The Morgan fingerprint density at radius 1 is 0.833 bits per heavy atom. The highest BCUT2D eigenvalue weighted by Crippen LogP contribution is 2.42. The van der Waals surface area contributed by atoms with E-state index in [0.29, 0.717) is 12.2 Å². The minimum absolute atomic E-state index is 0.0148. The van der Waals surface area contributed by atoms with Crippen LogP contribution in [0.3, 0.4) is 0 Å². The maximum atomic E-state index is 13.8. The van der Waals surface area contributed by atoms with Crippen LogP contribution < -0.4 is 15.7 Å². The molecule has 4 N–H and O–H groups in total. The third kappa shape index (κ3) is 9.31. The predicted octanol–water partition coefficient (Wildman–Crippen LogP) is 6.79. The Hall–Kier alpha value is -5.41. The number of nitrogens with zero attached hydrogens (tertiary/aromatic N) is 2. The Kier molecular flexibility index (Phi) is 12.4. The van der Waals surface area contributed by atoms with Gasteiger partial charge in [-0.2, -0.15) is 4.72 Å². The molecule has 0 radical (unpaired) electrons. The average Bonchev–Trinajstić information content (AvgIpc) is 3.60. The van der Waals surface area contributed by atoms with Gasteiger partial charge in [0.05, 0.1) is 34.7 Å². The molecule has 2 aliphatic rings. The van der Waals surface area contributed by atoms with Gasteiger partial charge in [-0.1, -0.05) is 103 Å². The Morgan fingerprint density at radius 3 is 2.20 bits per heavy atom. The first-order valence-corrected chi connectivity index (χ1v) is 22.0. The number of imidazole rings is 1. The lowest BCUT2D eigenvalue weighted by Gasteiger charge is -2.44. The number of piperidine rings is 1. The molecule has 0 unspecified atom stereocenters. The summed E-state index contributed by atoms with van der Waals surface area (Å²) < 4.78 is 44.9. The van der Waals surface area contributed by atoms with Gasteiger partial charge in [0.1, 0.15) is 6.04 Å². The minimum Gasteiger partial charge on any atom is -0.392 e. The van der Waals surface area contributed by atoms with Crippen LogP contribution in [0.4, 0.5) is 5.69 Å². The number of amides is 1. The number of ether oxygens (including phenoxy) is 2. The Balaban J connectivity index is 0.978. The number of aryl methyl sites for hydroxylation is 1. The zero-order valence-electron chi connectivity index (χ0n) is 33.7. The maximum Gasteiger partial charge on any atom is 0.326 e. The van der Waals surface area contributed by atoms with E-state index in [1.54, 1.807) is 24.3 Å². The normalized spacial score (nSPS) is 20.9. The van der Waals surface area contributed by atoms with Crippen molar-refractivity contribution in [3.8, 4) is 0 Å². The molecular formula is C47H51N5O7S. The Bertz CT molecular complexity index is 2550. The Morgan fingerprint density at radius 2 is 1.50 bits per heavy atom. The molecule has 5 atom stereocenters. The molecule has 60 heavy (non-hydrogen) atoms. The monoisotopic (exact) mass is 829 g/mol. The van der Waals surface area contributed by atoms with E-state index in [-0.39, 0.29) is 47.8 Å². The molecule has 312 valence electrons. The SMILES string of the molecule is Cc1ccc(S(=O)(=O)N[C@H](Cc2ccccc2)C(=O)Nc2ccc([C@@H]3O[C@H](CN4CCC(n5c(=O)[nH]c6ccccc65)CC4)[C@H](C)[C@H](c4ccc(CO)cc4)O3)cc2)cc1. The van der Waals surface area contributed by atoms with Crippen molar-refractivity contribution in [1.29, 1.82) is 0 Å². The van der Waals surface area contributed by atoms with Crippen molar-refractivity contribution in [2.45, 2.75) is 75.2 Å². The number of benzene rings is 5. The van der Waals surface area contributed by atoms with Crippen molar-refractivity contribution < 1.29 is 27.8 Å². The van der Waals surface area contributed by atoms with Crippen LogP contribution in [0.25, 0.3) is 11.0 Å². The molecule has 2 aliphatic heterocycles. The number of rotatable bonds is 13. The van der Waals surface area contributed by atoms with Gasteiger partial charge in [0, 0.05) is 42.8 Å². The molecule has 0 saturated carbocycles. The van der Waals surface area contributed by atoms with Gasteiger partial charge in [-0.05, 0) is 79.3 Å². The summed E-state index contributed by atoms with van der Waals surface area (Å²) >= 11 is 0. The summed E-state index contributed by atoms with van der Waals surface area (Å²) in [5.74, 6) is -0.509. The largest absolute Gasteiger partial charge is 0.392 e. The summed E-state index contributed by atoms with van der Waals surface area (Å²) in [6.45, 7) is 6.27. The fraction of sp³-hybridized carbons (Fsp3) is 0.319. The Labute approximate surface area is 350 Å². The molecule has 0 aliphatic carbocycles. The van der Waals surface area contributed by atoms with Crippen molar-refractivity contribution in [2.24, 2.45) is 5.92 Å². The van der Waals surface area contributed by atoms with Crippen molar-refractivity contribution in [3.05, 3.63) is 166 Å². The summed E-state index contributed by atoms with van der Waals surface area (Å²) in [7, 11) is -4.01. The smallest absolute Gasteiger partial charge is 0.326 e. The minimum atomic E-state index is -4.01. The van der Waals surface area contributed by atoms with Crippen LogP contribution in [0.15, 0.2) is 137 Å². The number of H-pyrrole nitrogens is 1. The van der Waals surface area contributed by atoms with E-state index in [1.165, 1.54) is 12.1 Å². The standard InChI is InChI=1S/C47H51N5O7S/c1-31-12-22-39(23-13-31)60(56,57)50-41(28-33-8-4-3-5-9-33)45(54)48-37-20-18-36(19-21-37)46-58-43(32(2)44(59-46)35-16-14-34(30-53)15-17-35)29-51-26-24-38(25-27-51)52-42-11-7-6-10-40(42)49-47(52)55/h3-23,32,38,41,43-44,46,50,53H,24-30H2,1-2H3,(H,48,54)(H,49,55)/t32-,41+,43+,44+,46+/m0/s1. The second-order valence-corrected chi connectivity index (χ2v) is 17.7. The highest BCUT2D eigenvalue weighted by molar-refractivity contribution is 7.89. The summed E-state index contributed by atoms with van der Waals surface area (Å²) in [6, 6.07) is 37.7. The highest BCUT2D eigenvalue weighted by Gasteiger charge is 2.40. The molecule has 1 aromatic heterocycles. The molecule has 13 heteroatoms. The number of fused-ring (bicyclic) bond motifs is 1. The number of para-hydroxylation sites is 2. The van der Waals surface area contributed by atoms with Crippen LogP contribution in [0.2, 0.25) is 0 Å². The zero-order chi connectivity index (χ0) is 41.8. The van der Waals surface area contributed by atoms with Crippen LogP contribution in [0.1, 0.15) is 66.0 Å². The van der Waals surface area contributed by atoms with Crippen molar-refractivity contribution in [3.63, 3.8) is 0 Å². The van der Waals surface area contributed by atoms with Gasteiger partial charge in [0.15, 0.2) is 6.29 Å². The maximum absolute atomic E-state index is 13.8. The highest BCUT2D eigenvalue weighted by atomic mass is 32.2. The molecule has 0 spiro atoms. The summed E-state index contributed by atoms with van der Waals surface area (Å²) in [5, 5.41) is 12.6. The van der Waals surface area contributed by atoms with E-state index in [0.717, 1.165) is 64.8 Å². The molecule has 12 nitrogen and oxygen atoms in total. The first-order chi connectivity index (χ1) is 29.0. The van der Waals surface area contributed by atoms with Crippen molar-refractivity contribution in [1.82, 2.24) is 19.2 Å². The third-order valence-corrected chi connectivity index (χ3v) is 13.3. The number of likely N-dealkylation sites (tertiary alicyclic amines) is 1. The second kappa shape index (κ2) is 18.1. The molecule has 5 aromatic carbocycles. The van der Waals surface area contributed by atoms with E-state index in [4.69, 9.17) is 9.47 Å². The van der Waals surface area contributed by atoms with Crippen molar-refractivity contribution in [2.75, 3.05) is 25.0 Å². The van der Waals surface area contributed by atoms with E-state index in [2.05, 4.69) is 26.8 Å². The van der Waals surface area contributed by atoms with Gasteiger partial charge in [-0.25, -0.2) is 13.2 Å². The van der Waals surface area contributed by atoms with E-state index >= 15 is 0 Å². The molecule has 8 rings (SSSR count).